The third-order valence-electron chi connectivity index (χ3n) is 5.08. The zero-order chi connectivity index (χ0) is 18.6. The van der Waals surface area contributed by atoms with Crippen LogP contribution in [-0.4, -0.2) is 70.5 Å². The van der Waals surface area contributed by atoms with Crippen LogP contribution in [0.15, 0.2) is 27.3 Å². The molecule has 0 saturated carbocycles. The van der Waals surface area contributed by atoms with Gasteiger partial charge in [0.25, 0.3) is 0 Å². The highest BCUT2D eigenvalue weighted by Gasteiger charge is 2.31. The number of aryl methyl sites for hydroxylation is 1. The van der Waals surface area contributed by atoms with E-state index in [2.05, 4.69) is 15.5 Å². The average molecular weight is 373 g/mol. The Morgan fingerprint density at radius 1 is 1.37 bits per heavy atom. The summed E-state index contributed by atoms with van der Waals surface area (Å²) >= 11 is 0. The smallest absolute Gasteiger partial charge is 0.238 e. The lowest BCUT2D eigenvalue weighted by molar-refractivity contribution is -0.140. The summed E-state index contributed by atoms with van der Waals surface area (Å²) in [6, 6.07) is 3.63. The predicted octanol–water partition coefficient (Wildman–Crippen LogP) is 0.685. The van der Waals surface area contributed by atoms with Crippen molar-refractivity contribution in [3.8, 4) is 11.6 Å². The van der Waals surface area contributed by atoms with E-state index in [0.717, 1.165) is 25.9 Å². The van der Waals surface area contributed by atoms with Crippen molar-refractivity contribution in [3.05, 3.63) is 24.3 Å². The maximum atomic E-state index is 12.6. The highest BCUT2D eigenvalue weighted by molar-refractivity contribution is 5.80. The number of rotatable bonds is 5. The van der Waals surface area contributed by atoms with Gasteiger partial charge in [-0.15, -0.1) is 0 Å². The fourth-order valence-electron chi connectivity index (χ4n) is 3.68. The monoisotopic (exact) mass is 373 g/mol. The van der Waals surface area contributed by atoms with E-state index in [9.17, 15) is 9.59 Å². The summed E-state index contributed by atoms with van der Waals surface area (Å²) in [5.41, 5.74) is 0. The van der Waals surface area contributed by atoms with E-state index >= 15 is 0 Å². The zero-order valence-electron chi connectivity index (χ0n) is 15.1. The molecule has 2 aliphatic heterocycles. The number of furan rings is 1. The largest absolute Gasteiger partial charge is 0.461 e. The second kappa shape index (κ2) is 7.91. The van der Waals surface area contributed by atoms with Gasteiger partial charge in [0, 0.05) is 45.1 Å². The number of nitrogens with zero attached hydrogens (tertiary/aromatic N) is 4. The van der Waals surface area contributed by atoms with Crippen LogP contribution in [0, 0.1) is 0 Å². The number of likely N-dealkylation sites (tertiary alicyclic amines) is 1. The Balaban J connectivity index is 1.31. The van der Waals surface area contributed by atoms with Gasteiger partial charge in [0.1, 0.15) is 0 Å². The van der Waals surface area contributed by atoms with Crippen molar-refractivity contribution in [1.82, 2.24) is 25.3 Å². The normalized spacial score (nSPS) is 20.9. The van der Waals surface area contributed by atoms with Crippen LogP contribution in [0.3, 0.4) is 0 Å². The number of amides is 2. The Hall–Kier alpha value is -2.68. The molecule has 4 rings (SSSR count). The summed E-state index contributed by atoms with van der Waals surface area (Å²) < 4.78 is 10.4. The fourth-order valence-corrected chi connectivity index (χ4v) is 3.68. The van der Waals surface area contributed by atoms with Crippen LogP contribution in [0.25, 0.3) is 11.6 Å². The average Bonchev–Trinajstić information content (AvgIpc) is 3.38. The highest BCUT2D eigenvalue weighted by atomic mass is 16.5. The molecular formula is C18H23N5O4. The van der Waals surface area contributed by atoms with E-state index in [4.69, 9.17) is 8.94 Å². The molecule has 1 atom stereocenters. The summed E-state index contributed by atoms with van der Waals surface area (Å²) in [6.45, 7) is 3.25. The van der Waals surface area contributed by atoms with Gasteiger partial charge in [-0.1, -0.05) is 5.16 Å². The molecule has 2 aromatic rings. The van der Waals surface area contributed by atoms with Crippen molar-refractivity contribution >= 4 is 11.8 Å². The Labute approximate surface area is 156 Å². The molecule has 27 heavy (non-hydrogen) atoms. The lowest BCUT2D eigenvalue weighted by Crippen LogP contribution is -2.57. The molecule has 1 unspecified atom stereocenters. The minimum atomic E-state index is 0.0556. The second-order valence-electron chi connectivity index (χ2n) is 6.89. The number of hydrogen-bond donors (Lipinski definition) is 1. The lowest BCUT2D eigenvalue weighted by atomic mass is 10.0. The Bertz CT molecular complexity index is 788. The molecule has 2 saturated heterocycles. The van der Waals surface area contributed by atoms with Crippen molar-refractivity contribution in [2.75, 3.05) is 32.7 Å². The number of aromatic nitrogens is 2. The Kier molecular flexibility index (Phi) is 5.19. The van der Waals surface area contributed by atoms with Crippen molar-refractivity contribution in [1.29, 1.82) is 0 Å². The maximum Gasteiger partial charge on any atom is 0.238 e. The second-order valence-corrected chi connectivity index (χ2v) is 6.89. The first kappa shape index (κ1) is 17.7. The molecule has 2 aliphatic rings. The van der Waals surface area contributed by atoms with Crippen LogP contribution < -0.4 is 5.32 Å². The molecule has 0 radical (unpaired) electrons. The van der Waals surface area contributed by atoms with Gasteiger partial charge in [-0.2, -0.15) is 4.98 Å². The summed E-state index contributed by atoms with van der Waals surface area (Å²) in [4.78, 5) is 32.8. The summed E-state index contributed by atoms with van der Waals surface area (Å²) in [5.74, 6) is 1.52. The number of piperidine rings is 1. The van der Waals surface area contributed by atoms with Crippen LogP contribution in [0.4, 0.5) is 0 Å². The first-order valence-electron chi connectivity index (χ1n) is 9.35. The van der Waals surface area contributed by atoms with Crippen molar-refractivity contribution in [2.45, 2.75) is 31.7 Å². The standard InChI is InChI=1S/C18H23N5O4/c24-16(6-5-15-20-18(21-27-15)14-4-2-10-26-14)22-8-1-3-13(12-22)23-9-7-19-11-17(23)25/h2,4,10,13,19H,1,3,5-9,11-12H2. The molecule has 0 aromatic carbocycles. The number of nitrogens with one attached hydrogen (secondary N) is 1. The van der Waals surface area contributed by atoms with Gasteiger partial charge in [-0.3, -0.25) is 9.59 Å². The molecule has 2 aromatic heterocycles. The van der Waals surface area contributed by atoms with Crippen molar-refractivity contribution in [3.63, 3.8) is 0 Å². The van der Waals surface area contributed by atoms with Crippen molar-refractivity contribution < 1.29 is 18.5 Å². The minimum absolute atomic E-state index is 0.0556. The molecule has 0 spiro atoms. The molecule has 9 nitrogen and oxygen atoms in total. The van der Waals surface area contributed by atoms with E-state index in [-0.39, 0.29) is 17.9 Å². The quantitative estimate of drug-likeness (QED) is 0.822. The molecule has 0 bridgehead atoms. The Morgan fingerprint density at radius 3 is 3.11 bits per heavy atom. The van der Waals surface area contributed by atoms with Gasteiger partial charge in [0.05, 0.1) is 12.8 Å². The lowest BCUT2D eigenvalue weighted by Gasteiger charge is -2.41. The van der Waals surface area contributed by atoms with Gasteiger partial charge in [0.2, 0.25) is 23.5 Å². The molecule has 144 valence electrons. The van der Waals surface area contributed by atoms with Crippen molar-refractivity contribution in [2.24, 2.45) is 0 Å². The predicted molar refractivity (Wildman–Crippen MR) is 94.5 cm³/mol. The third kappa shape index (κ3) is 4.02. The molecule has 2 fully saturated rings. The number of hydrogen-bond acceptors (Lipinski definition) is 7. The third-order valence-corrected chi connectivity index (χ3v) is 5.08. The first-order chi connectivity index (χ1) is 13.2. The van der Waals surface area contributed by atoms with E-state index in [0.29, 0.717) is 50.0 Å². The summed E-state index contributed by atoms with van der Waals surface area (Å²) in [6.07, 6.45) is 4.11. The SMILES string of the molecule is O=C(CCc1nc(-c2ccco2)no1)N1CCCC(N2CCNCC2=O)C1. The number of carbonyl (C=O) groups is 2. The number of carbonyl (C=O) groups excluding carboxylic acids is 2. The van der Waals surface area contributed by atoms with Gasteiger partial charge in [-0.05, 0) is 25.0 Å². The molecule has 1 N–H and O–H groups in total. The molecule has 0 aliphatic carbocycles. The van der Waals surface area contributed by atoms with E-state index in [1.807, 2.05) is 9.80 Å². The molecule has 9 heteroatoms. The van der Waals surface area contributed by atoms with Gasteiger partial charge in [0.15, 0.2) is 5.76 Å². The van der Waals surface area contributed by atoms with Crippen LogP contribution >= 0.6 is 0 Å². The number of piperazine rings is 1. The highest BCUT2D eigenvalue weighted by Crippen LogP contribution is 2.19. The van der Waals surface area contributed by atoms with Crippen LogP contribution in [0.2, 0.25) is 0 Å². The fraction of sp³-hybridized carbons (Fsp3) is 0.556. The van der Waals surface area contributed by atoms with E-state index in [1.54, 1.807) is 18.4 Å². The summed E-state index contributed by atoms with van der Waals surface area (Å²) in [5, 5.41) is 6.96. The molecular weight excluding hydrogens is 350 g/mol. The van der Waals surface area contributed by atoms with Crippen LogP contribution in [-0.2, 0) is 16.0 Å². The minimum Gasteiger partial charge on any atom is -0.461 e. The van der Waals surface area contributed by atoms with Gasteiger partial charge < -0.3 is 24.1 Å². The Morgan fingerprint density at radius 2 is 2.30 bits per heavy atom. The van der Waals surface area contributed by atoms with Crippen LogP contribution in [0.1, 0.15) is 25.2 Å². The van der Waals surface area contributed by atoms with E-state index < -0.39 is 0 Å². The zero-order valence-corrected chi connectivity index (χ0v) is 15.1. The molecule has 2 amide bonds. The van der Waals surface area contributed by atoms with Gasteiger partial charge in [-0.25, -0.2) is 0 Å². The first-order valence-corrected chi connectivity index (χ1v) is 9.35. The van der Waals surface area contributed by atoms with E-state index in [1.165, 1.54) is 0 Å². The summed E-state index contributed by atoms with van der Waals surface area (Å²) in [7, 11) is 0. The van der Waals surface area contributed by atoms with Gasteiger partial charge >= 0.3 is 0 Å². The topological polar surface area (TPSA) is 105 Å². The van der Waals surface area contributed by atoms with Crippen LogP contribution in [0.5, 0.6) is 0 Å². The molecule has 4 heterocycles. The maximum absolute atomic E-state index is 12.6.